The van der Waals surface area contributed by atoms with Crippen LogP contribution in [0.15, 0.2) is 36.4 Å². The van der Waals surface area contributed by atoms with Crippen LogP contribution in [0.1, 0.15) is 29.7 Å². The van der Waals surface area contributed by atoms with Gasteiger partial charge in [0, 0.05) is 11.7 Å². The molecule has 0 aliphatic carbocycles. The van der Waals surface area contributed by atoms with Gasteiger partial charge in [-0.2, -0.15) is 0 Å². The zero-order valence-electron chi connectivity index (χ0n) is 15.5. The van der Waals surface area contributed by atoms with Gasteiger partial charge in [0.2, 0.25) is 11.8 Å². The van der Waals surface area contributed by atoms with Crippen molar-refractivity contribution >= 4 is 17.5 Å². The fraction of sp³-hybridized carbons (Fsp3) is 0.300. The summed E-state index contributed by atoms with van der Waals surface area (Å²) >= 11 is 0. The van der Waals surface area contributed by atoms with Crippen LogP contribution >= 0.6 is 0 Å². The number of nitrogens with one attached hydrogen (secondary N) is 3. The molecule has 0 saturated carbocycles. The first-order valence-corrected chi connectivity index (χ1v) is 8.59. The molecule has 0 fully saturated rings. The van der Waals surface area contributed by atoms with Crippen LogP contribution < -0.4 is 16.0 Å². The Balaban J connectivity index is 1.78. The Morgan fingerprint density at radius 1 is 0.963 bits per heavy atom. The number of rotatable bonds is 7. The van der Waals surface area contributed by atoms with Crippen LogP contribution in [0.5, 0.6) is 0 Å². The lowest BCUT2D eigenvalue weighted by atomic mass is 10.1. The van der Waals surface area contributed by atoms with E-state index in [2.05, 4.69) is 16.0 Å². The highest BCUT2D eigenvalue weighted by atomic mass is 19.2. The number of benzene rings is 2. The second kappa shape index (κ2) is 9.23. The zero-order valence-corrected chi connectivity index (χ0v) is 15.5. The van der Waals surface area contributed by atoms with E-state index in [0.29, 0.717) is 5.56 Å². The number of anilines is 1. The third-order valence-electron chi connectivity index (χ3n) is 4.20. The van der Waals surface area contributed by atoms with E-state index in [1.807, 2.05) is 32.0 Å². The number of carbonyl (C=O) groups excluding carboxylic acids is 2. The third kappa shape index (κ3) is 5.86. The smallest absolute Gasteiger partial charge is 0.243 e. The van der Waals surface area contributed by atoms with Gasteiger partial charge in [0.05, 0.1) is 13.1 Å². The van der Waals surface area contributed by atoms with Crippen molar-refractivity contribution < 1.29 is 18.4 Å². The zero-order chi connectivity index (χ0) is 20.0. The van der Waals surface area contributed by atoms with Gasteiger partial charge < -0.3 is 16.0 Å². The second-order valence-corrected chi connectivity index (χ2v) is 6.37. The van der Waals surface area contributed by atoms with E-state index in [1.165, 1.54) is 6.07 Å². The van der Waals surface area contributed by atoms with E-state index < -0.39 is 11.6 Å². The van der Waals surface area contributed by atoms with Crippen molar-refractivity contribution in [3.8, 4) is 0 Å². The molecule has 2 aromatic rings. The highest BCUT2D eigenvalue weighted by molar-refractivity contribution is 5.95. The molecule has 0 bridgehead atoms. The Hall–Kier alpha value is -2.80. The molecule has 0 radical (unpaired) electrons. The largest absolute Gasteiger partial charge is 0.346 e. The van der Waals surface area contributed by atoms with Gasteiger partial charge in [-0.15, -0.1) is 0 Å². The summed E-state index contributed by atoms with van der Waals surface area (Å²) in [4.78, 5) is 23.9. The first-order chi connectivity index (χ1) is 12.8. The van der Waals surface area contributed by atoms with E-state index in [0.717, 1.165) is 28.9 Å². The maximum Gasteiger partial charge on any atom is 0.243 e. The summed E-state index contributed by atoms with van der Waals surface area (Å²) in [6.45, 7) is 5.30. The van der Waals surface area contributed by atoms with E-state index in [1.54, 1.807) is 6.92 Å². The lowest BCUT2D eigenvalue weighted by molar-refractivity contribution is -0.123. The number of aryl methyl sites for hydroxylation is 2. The molecule has 0 heterocycles. The van der Waals surface area contributed by atoms with Crippen molar-refractivity contribution in [3.05, 3.63) is 64.7 Å². The van der Waals surface area contributed by atoms with Gasteiger partial charge in [0.1, 0.15) is 0 Å². The first-order valence-electron chi connectivity index (χ1n) is 8.59. The molecular weight excluding hydrogens is 352 g/mol. The van der Waals surface area contributed by atoms with Crippen LogP contribution in [0.3, 0.4) is 0 Å². The minimum atomic E-state index is -0.936. The van der Waals surface area contributed by atoms with Crippen molar-refractivity contribution in [2.75, 3.05) is 18.4 Å². The van der Waals surface area contributed by atoms with Crippen LogP contribution in [0, 0.1) is 25.5 Å². The molecule has 144 valence electrons. The van der Waals surface area contributed by atoms with E-state index >= 15 is 0 Å². The molecular formula is C20H23F2N3O2. The average Bonchev–Trinajstić information content (AvgIpc) is 2.63. The maximum atomic E-state index is 13.3. The molecule has 0 aliphatic rings. The second-order valence-electron chi connectivity index (χ2n) is 6.37. The molecule has 2 rings (SSSR count). The number of halogens is 2. The summed E-state index contributed by atoms with van der Waals surface area (Å²) < 4.78 is 26.2. The fourth-order valence-corrected chi connectivity index (χ4v) is 2.58. The molecule has 2 amide bonds. The Labute approximate surface area is 157 Å². The predicted molar refractivity (Wildman–Crippen MR) is 100 cm³/mol. The quantitative estimate of drug-likeness (QED) is 0.697. The summed E-state index contributed by atoms with van der Waals surface area (Å²) in [6.07, 6.45) is 0. The number of hydrogen-bond donors (Lipinski definition) is 3. The highest BCUT2D eigenvalue weighted by Gasteiger charge is 2.12. The molecule has 5 nitrogen and oxygen atoms in total. The number of para-hydroxylation sites is 1. The van der Waals surface area contributed by atoms with Crippen LogP contribution in [-0.2, 0) is 9.59 Å². The SMILES string of the molecule is Cc1cccc(C)c1NC(=O)CNC(=O)CNC(C)c1ccc(F)c(F)c1. The normalized spacial score (nSPS) is 11.7. The molecule has 1 atom stereocenters. The Morgan fingerprint density at radius 3 is 2.26 bits per heavy atom. The van der Waals surface area contributed by atoms with Crippen molar-refractivity contribution in [1.29, 1.82) is 0 Å². The van der Waals surface area contributed by atoms with Gasteiger partial charge in [0.25, 0.3) is 0 Å². The van der Waals surface area contributed by atoms with Crippen LogP contribution in [-0.4, -0.2) is 24.9 Å². The van der Waals surface area contributed by atoms with Crippen molar-refractivity contribution in [2.45, 2.75) is 26.8 Å². The van der Waals surface area contributed by atoms with Crippen LogP contribution in [0.25, 0.3) is 0 Å². The molecule has 0 spiro atoms. The summed E-state index contributed by atoms with van der Waals surface area (Å²) in [5, 5.41) is 8.21. The molecule has 1 unspecified atom stereocenters. The van der Waals surface area contributed by atoms with Gasteiger partial charge in [-0.05, 0) is 49.6 Å². The van der Waals surface area contributed by atoms with Crippen molar-refractivity contribution in [2.24, 2.45) is 0 Å². The third-order valence-corrected chi connectivity index (χ3v) is 4.20. The summed E-state index contributed by atoms with van der Waals surface area (Å²) in [7, 11) is 0. The van der Waals surface area contributed by atoms with Gasteiger partial charge in [-0.3, -0.25) is 9.59 Å². The van der Waals surface area contributed by atoms with Crippen LogP contribution in [0.2, 0.25) is 0 Å². The lowest BCUT2D eigenvalue weighted by Gasteiger charge is -2.15. The fourth-order valence-electron chi connectivity index (χ4n) is 2.58. The topological polar surface area (TPSA) is 70.2 Å². The van der Waals surface area contributed by atoms with Gasteiger partial charge in [-0.25, -0.2) is 8.78 Å². The van der Waals surface area contributed by atoms with Gasteiger partial charge >= 0.3 is 0 Å². The molecule has 2 aromatic carbocycles. The summed E-state index contributed by atoms with van der Waals surface area (Å²) in [6, 6.07) is 8.92. The van der Waals surface area contributed by atoms with Crippen LogP contribution in [0.4, 0.5) is 14.5 Å². The first kappa shape index (κ1) is 20.5. The van der Waals surface area contributed by atoms with Crippen molar-refractivity contribution in [3.63, 3.8) is 0 Å². The van der Waals surface area contributed by atoms with E-state index in [-0.39, 0.29) is 30.9 Å². The van der Waals surface area contributed by atoms with E-state index in [4.69, 9.17) is 0 Å². The highest BCUT2D eigenvalue weighted by Crippen LogP contribution is 2.19. The number of hydrogen-bond acceptors (Lipinski definition) is 3. The Bertz CT molecular complexity index is 820. The standard InChI is InChI=1S/C20H23F2N3O2/c1-12-5-4-6-13(2)20(12)25-19(27)11-24-18(26)10-23-14(3)15-7-8-16(21)17(22)9-15/h4-9,14,23H,10-11H2,1-3H3,(H,24,26)(H,25,27). The summed E-state index contributed by atoms with van der Waals surface area (Å²) in [5.74, 6) is -2.55. The average molecular weight is 375 g/mol. The summed E-state index contributed by atoms with van der Waals surface area (Å²) in [5.41, 5.74) is 3.14. The Kier molecular flexibility index (Phi) is 7.01. The molecule has 0 saturated heterocycles. The predicted octanol–water partition coefficient (Wildman–Crippen LogP) is 2.99. The molecule has 3 N–H and O–H groups in total. The Morgan fingerprint density at radius 2 is 1.63 bits per heavy atom. The molecule has 27 heavy (non-hydrogen) atoms. The number of carbonyl (C=O) groups is 2. The molecule has 7 heteroatoms. The molecule has 0 aliphatic heterocycles. The number of amides is 2. The minimum absolute atomic E-state index is 0.0587. The minimum Gasteiger partial charge on any atom is -0.346 e. The monoisotopic (exact) mass is 375 g/mol. The maximum absolute atomic E-state index is 13.3. The van der Waals surface area contributed by atoms with E-state index in [9.17, 15) is 18.4 Å². The molecule has 0 aromatic heterocycles. The lowest BCUT2D eigenvalue weighted by Crippen LogP contribution is -2.39. The van der Waals surface area contributed by atoms with Gasteiger partial charge in [-0.1, -0.05) is 24.3 Å². The van der Waals surface area contributed by atoms with Crippen molar-refractivity contribution in [1.82, 2.24) is 10.6 Å². The van der Waals surface area contributed by atoms with Gasteiger partial charge in [0.15, 0.2) is 11.6 Å².